The van der Waals surface area contributed by atoms with Crippen molar-refractivity contribution in [3.05, 3.63) is 23.4 Å². The maximum atomic E-state index is 5.57. The van der Waals surface area contributed by atoms with Crippen LogP contribution >= 0.6 is 11.6 Å². The van der Waals surface area contributed by atoms with Crippen molar-refractivity contribution in [1.82, 2.24) is 4.98 Å². The first-order valence-electron chi connectivity index (χ1n) is 2.67. The molecule has 0 aliphatic heterocycles. The predicted octanol–water partition coefficient (Wildman–Crippen LogP) is 1.76. The van der Waals surface area contributed by atoms with E-state index in [2.05, 4.69) is 22.2 Å². The van der Waals surface area contributed by atoms with Crippen molar-refractivity contribution >= 4 is 24.1 Å². The normalized spacial score (nSPS) is 8.90. The van der Waals surface area contributed by atoms with Gasteiger partial charge in [0, 0.05) is 6.72 Å². The summed E-state index contributed by atoms with van der Waals surface area (Å²) in [6, 6.07) is 5.22. The molecule has 0 bridgehead atoms. The number of rotatable bonds is 2. The molecule has 0 saturated heterocycles. The van der Waals surface area contributed by atoms with E-state index in [1.54, 1.807) is 18.2 Å². The van der Waals surface area contributed by atoms with Gasteiger partial charge in [-0.1, -0.05) is 17.7 Å². The van der Waals surface area contributed by atoms with E-state index in [0.717, 1.165) is 0 Å². The molecule has 1 N–H and O–H groups in total. The first-order chi connectivity index (χ1) is 4.83. The summed E-state index contributed by atoms with van der Waals surface area (Å²) >= 11 is 5.57. The molecule has 3 nitrogen and oxygen atoms in total. The van der Waals surface area contributed by atoms with Crippen LogP contribution in [-0.2, 0) is 0 Å². The van der Waals surface area contributed by atoms with Gasteiger partial charge in [-0.2, -0.15) is 5.10 Å². The fraction of sp³-hybridized carbons (Fsp3) is 0. The quantitative estimate of drug-likeness (QED) is 0.402. The molecular weight excluding hydrogens is 150 g/mol. The molecule has 0 radical (unpaired) electrons. The molecule has 0 unspecified atom stereocenters. The summed E-state index contributed by atoms with van der Waals surface area (Å²) in [6.07, 6.45) is 0. The van der Waals surface area contributed by atoms with E-state index in [1.165, 1.54) is 0 Å². The Labute approximate surface area is 63.7 Å². The number of halogens is 1. The molecule has 1 rings (SSSR count). The van der Waals surface area contributed by atoms with E-state index in [0.29, 0.717) is 11.0 Å². The maximum absolute atomic E-state index is 5.57. The van der Waals surface area contributed by atoms with Crippen molar-refractivity contribution in [2.75, 3.05) is 5.43 Å². The van der Waals surface area contributed by atoms with E-state index in [9.17, 15) is 0 Å². The molecule has 0 aliphatic carbocycles. The SMILES string of the molecule is C=NNc1cccc(Cl)n1. The summed E-state index contributed by atoms with van der Waals surface area (Å²) in [5, 5.41) is 3.86. The lowest BCUT2D eigenvalue weighted by atomic mass is 10.5. The highest BCUT2D eigenvalue weighted by Gasteiger charge is 1.90. The van der Waals surface area contributed by atoms with Crippen LogP contribution in [0.4, 0.5) is 5.82 Å². The zero-order valence-electron chi connectivity index (χ0n) is 5.21. The van der Waals surface area contributed by atoms with Gasteiger partial charge >= 0.3 is 0 Å². The summed E-state index contributed by atoms with van der Waals surface area (Å²) in [5.41, 5.74) is 2.57. The van der Waals surface area contributed by atoms with Crippen LogP contribution in [0, 0.1) is 0 Å². The third-order valence-electron chi connectivity index (χ3n) is 0.909. The largest absolute Gasteiger partial charge is 0.262 e. The average Bonchev–Trinajstić information content (AvgIpc) is 1.88. The van der Waals surface area contributed by atoms with Gasteiger partial charge in [-0.25, -0.2) is 4.98 Å². The van der Waals surface area contributed by atoms with E-state index < -0.39 is 0 Å². The van der Waals surface area contributed by atoms with Gasteiger partial charge in [0.25, 0.3) is 0 Å². The third kappa shape index (κ3) is 1.70. The second-order valence-corrected chi connectivity index (χ2v) is 2.00. The molecule has 0 fully saturated rings. The average molecular weight is 156 g/mol. The minimum absolute atomic E-state index is 0.439. The predicted molar refractivity (Wildman–Crippen MR) is 42.4 cm³/mol. The Morgan fingerprint density at radius 3 is 3.00 bits per heavy atom. The number of nitrogens with zero attached hydrogens (tertiary/aromatic N) is 2. The highest BCUT2D eigenvalue weighted by Crippen LogP contribution is 2.08. The highest BCUT2D eigenvalue weighted by atomic mass is 35.5. The first-order valence-corrected chi connectivity index (χ1v) is 3.05. The monoisotopic (exact) mass is 155 g/mol. The van der Waals surface area contributed by atoms with Crippen LogP contribution in [0.15, 0.2) is 23.3 Å². The van der Waals surface area contributed by atoms with Gasteiger partial charge in [0.05, 0.1) is 0 Å². The maximum Gasteiger partial charge on any atom is 0.147 e. The van der Waals surface area contributed by atoms with Crippen molar-refractivity contribution in [3.63, 3.8) is 0 Å². The van der Waals surface area contributed by atoms with Gasteiger partial charge < -0.3 is 0 Å². The van der Waals surface area contributed by atoms with Crippen molar-refractivity contribution in [2.24, 2.45) is 5.10 Å². The highest BCUT2D eigenvalue weighted by molar-refractivity contribution is 6.29. The molecule has 0 aromatic carbocycles. The van der Waals surface area contributed by atoms with Gasteiger partial charge in [-0.05, 0) is 12.1 Å². The Kier molecular flexibility index (Phi) is 2.23. The zero-order chi connectivity index (χ0) is 7.40. The summed E-state index contributed by atoms with van der Waals surface area (Å²) < 4.78 is 0. The number of hydrogen-bond donors (Lipinski definition) is 1. The van der Waals surface area contributed by atoms with Crippen LogP contribution in [0.1, 0.15) is 0 Å². The van der Waals surface area contributed by atoms with Gasteiger partial charge in [-0.3, -0.25) is 5.43 Å². The van der Waals surface area contributed by atoms with Crippen LogP contribution < -0.4 is 5.43 Å². The van der Waals surface area contributed by atoms with Crippen molar-refractivity contribution in [3.8, 4) is 0 Å². The number of hydrazone groups is 1. The molecule has 0 spiro atoms. The number of nitrogens with one attached hydrogen (secondary N) is 1. The molecule has 10 heavy (non-hydrogen) atoms. The Hall–Kier alpha value is -1.09. The third-order valence-corrected chi connectivity index (χ3v) is 1.12. The minimum Gasteiger partial charge on any atom is -0.262 e. The van der Waals surface area contributed by atoms with Gasteiger partial charge in [0.15, 0.2) is 0 Å². The van der Waals surface area contributed by atoms with Gasteiger partial charge in [0.1, 0.15) is 11.0 Å². The molecule has 0 aliphatic rings. The van der Waals surface area contributed by atoms with Crippen molar-refractivity contribution < 1.29 is 0 Å². The Morgan fingerprint density at radius 2 is 2.40 bits per heavy atom. The van der Waals surface area contributed by atoms with Crippen LogP contribution in [-0.4, -0.2) is 11.7 Å². The van der Waals surface area contributed by atoms with E-state index in [1.807, 2.05) is 0 Å². The van der Waals surface area contributed by atoms with Crippen LogP contribution in [0.25, 0.3) is 0 Å². The molecule has 52 valence electrons. The minimum atomic E-state index is 0.439. The molecule has 1 aromatic rings. The fourth-order valence-corrected chi connectivity index (χ4v) is 0.715. The topological polar surface area (TPSA) is 37.3 Å². The number of aromatic nitrogens is 1. The van der Waals surface area contributed by atoms with Crippen LogP contribution in [0.3, 0.4) is 0 Å². The van der Waals surface area contributed by atoms with E-state index in [-0.39, 0.29) is 0 Å². The molecule has 0 amide bonds. The molecular formula is C6H6ClN3. The van der Waals surface area contributed by atoms with Gasteiger partial charge in [-0.15, -0.1) is 0 Å². The summed E-state index contributed by atoms with van der Waals surface area (Å²) in [5.74, 6) is 0.600. The molecule has 1 aromatic heterocycles. The van der Waals surface area contributed by atoms with Crippen molar-refractivity contribution in [2.45, 2.75) is 0 Å². The Morgan fingerprint density at radius 1 is 1.60 bits per heavy atom. The molecule has 4 heteroatoms. The fourth-order valence-electron chi connectivity index (χ4n) is 0.552. The zero-order valence-corrected chi connectivity index (χ0v) is 5.97. The molecule has 0 atom stereocenters. The second kappa shape index (κ2) is 3.17. The lowest BCUT2D eigenvalue weighted by Crippen LogP contribution is -1.89. The first kappa shape index (κ1) is 7.02. The van der Waals surface area contributed by atoms with E-state index >= 15 is 0 Å². The Balaban J connectivity index is 2.84. The van der Waals surface area contributed by atoms with Crippen LogP contribution in [0.5, 0.6) is 0 Å². The van der Waals surface area contributed by atoms with Gasteiger partial charge in [0.2, 0.25) is 0 Å². The summed E-state index contributed by atoms with van der Waals surface area (Å²) in [4.78, 5) is 3.88. The number of anilines is 1. The smallest absolute Gasteiger partial charge is 0.147 e. The van der Waals surface area contributed by atoms with Crippen LogP contribution in [0.2, 0.25) is 5.15 Å². The summed E-state index contributed by atoms with van der Waals surface area (Å²) in [6.45, 7) is 3.24. The molecule has 0 saturated carbocycles. The second-order valence-electron chi connectivity index (χ2n) is 1.62. The lowest BCUT2D eigenvalue weighted by molar-refractivity contribution is 1.24. The lowest BCUT2D eigenvalue weighted by Gasteiger charge is -1.96. The number of hydrogen-bond acceptors (Lipinski definition) is 3. The summed E-state index contributed by atoms with van der Waals surface area (Å²) in [7, 11) is 0. The molecule has 1 heterocycles. The number of pyridine rings is 1. The van der Waals surface area contributed by atoms with Crippen molar-refractivity contribution in [1.29, 1.82) is 0 Å². The van der Waals surface area contributed by atoms with E-state index in [4.69, 9.17) is 11.6 Å². The standard InChI is InChI=1S/C6H6ClN3/c1-8-10-6-4-2-3-5(7)9-6/h2-4H,1H2,(H,9,10). The Bertz CT molecular complexity index is 236.